The number of carbonyl (C=O) groups is 1. The summed E-state index contributed by atoms with van der Waals surface area (Å²) >= 11 is 0. The van der Waals surface area contributed by atoms with E-state index in [2.05, 4.69) is 11.8 Å². The van der Waals surface area contributed by atoms with Crippen LogP contribution in [0.15, 0.2) is 36.1 Å². The molecule has 0 saturated heterocycles. The van der Waals surface area contributed by atoms with Gasteiger partial charge in [0.1, 0.15) is 5.76 Å². The fourth-order valence-electron chi connectivity index (χ4n) is 1.54. The van der Waals surface area contributed by atoms with Crippen LogP contribution in [0, 0.1) is 11.8 Å². The number of hydrogen-bond acceptors (Lipinski definition) is 2. The molecule has 18 heavy (non-hydrogen) atoms. The van der Waals surface area contributed by atoms with Gasteiger partial charge < -0.3 is 4.74 Å². The molecule has 0 heterocycles. The smallest absolute Gasteiger partial charge is 0.310 e. The lowest BCUT2D eigenvalue weighted by atomic mass is 10.0. The number of allylic oxidation sites excluding steroid dienone is 2. The van der Waals surface area contributed by atoms with Crippen molar-refractivity contribution in [2.24, 2.45) is 0 Å². The molecule has 0 unspecified atom stereocenters. The van der Waals surface area contributed by atoms with Crippen molar-refractivity contribution in [1.82, 2.24) is 0 Å². The summed E-state index contributed by atoms with van der Waals surface area (Å²) in [6.45, 7) is 5.51. The largest absolute Gasteiger partial charge is 0.430 e. The quantitative estimate of drug-likeness (QED) is 0.456. The second kappa shape index (κ2) is 7.34. The Balaban J connectivity index is 3.21. The molecule has 0 aromatic heterocycles. The number of ether oxygens (including phenoxy) is 1. The van der Waals surface area contributed by atoms with Gasteiger partial charge in [0.05, 0.1) is 5.57 Å². The van der Waals surface area contributed by atoms with Gasteiger partial charge in [-0.15, -0.1) is 5.92 Å². The highest BCUT2D eigenvalue weighted by Crippen LogP contribution is 2.21. The number of rotatable bonds is 4. The summed E-state index contributed by atoms with van der Waals surface area (Å²) in [6, 6.07) is 9.78. The third-order valence-electron chi connectivity index (χ3n) is 2.44. The van der Waals surface area contributed by atoms with Crippen molar-refractivity contribution >= 4 is 11.5 Å². The van der Waals surface area contributed by atoms with Crippen LogP contribution in [0.25, 0.3) is 5.57 Å². The van der Waals surface area contributed by atoms with Gasteiger partial charge in [-0.2, -0.15) is 0 Å². The van der Waals surface area contributed by atoms with Crippen LogP contribution < -0.4 is 0 Å². The van der Waals surface area contributed by atoms with Crippen molar-refractivity contribution in [2.75, 3.05) is 0 Å². The zero-order valence-corrected chi connectivity index (χ0v) is 11.1. The molecule has 0 N–H and O–H groups in total. The monoisotopic (exact) mass is 242 g/mol. The molecule has 1 aromatic rings. The highest BCUT2D eigenvalue weighted by atomic mass is 16.5. The van der Waals surface area contributed by atoms with E-state index in [9.17, 15) is 4.79 Å². The molecule has 2 nitrogen and oxygen atoms in total. The molecule has 1 aromatic carbocycles. The summed E-state index contributed by atoms with van der Waals surface area (Å²) in [5.74, 6) is 6.32. The Hall–Kier alpha value is -2.01. The summed E-state index contributed by atoms with van der Waals surface area (Å²) in [6.07, 6.45) is 1.01. The minimum absolute atomic E-state index is 0.224. The zero-order valence-electron chi connectivity index (χ0n) is 11.1. The molecule has 0 aliphatic rings. The van der Waals surface area contributed by atoms with Crippen LogP contribution in [0.4, 0.5) is 0 Å². The summed E-state index contributed by atoms with van der Waals surface area (Å²) in [5, 5.41) is 0. The first-order valence-electron chi connectivity index (χ1n) is 6.14. The average Bonchev–Trinajstić information content (AvgIpc) is 2.43. The molecule has 2 heteroatoms. The molecule has 0 atom stereocenters. The van der Waals surface area contributed by atoms with Crippen LogP contribution in [0.1, 0.15) is 39.2 Å². The Labute approximate surface area is 109 Å². The molecular weight excluding hydrogens is 224 g/mol. The van der Waals surface area contributed by atoms with Gasteiger partial charge >= 0.3 is 5.97 Å². The van der Waals surface area contributed by atoms with Crippen molar-refractivity contribution in [3.05, 3.63) is 41.7 Å². The Morgan fingerprint density at radius 1 is 1.17 bits per heavy atom. The van der Waals surface area contributed by atoms with Crippen LogP contribution in [0.3, 0.4) is 0 Å². The third kappa shape index (κ3) is 3.78. The maximum Gasteiger partial charge on any atom is 0.310 e. The number of esters is 1. The van der Waals surface area contributed by atoms with Crippen molar-refractivity contribution in [3.8, 4) is 11.8 Å². The van der Waals surface area contributed by atoms with Crippen LogP contribution in [-0.4, -0.2) is 5.97 Å². The maximum absolute atomic E-state index is 11.4. The van der Waals surface area contributed by atoms with E-state index in [1.807, 2.05) is 37.3 Å². The van der Waals surface area contributed by atoms with Crippen molar-refractivity contribution in [1.29, 1.82) is 0 Å². The number of benzene rings is 1. The van der Waals surface area contributed by atoms with E-state index in [0.29, 0.717) is 18.6 Å². The average molecular weight is 242 g/mol. The predicted molar refractivity (Wildman–Crippen MR) is 73.5 cm³/mol. The lowest BCUT2D eigenvalue weighted by Crippen LogP contribution is -2.04. The Morgan fingerprint density at radius 3 is 2.33 bits per heavy atom. The highest BCUT2D eigenvalue weighted by Gasteiger charge is 2.10. The standard InChI is InChI=1S/C16H18O2/c1-4-10-14(13-11-8-7-9-12-13)15(5-2)18-16(17)6-3/h7-9,11-12H,5-6H2,1-3H3/b15-14+. The zero-order chi connectivity index (χ0) is 13.4. The van der Waals surface area contributed by atoms with Crippen LogP contribution in [-0.2, 0) is 9.53 Å². The van der Waals surface area contributed by atoms with Crippen molar-refractivity contribution in [3.63, 3.8) is 0 Å². The molecule has 0 aliphatic heterocycles. The van der Waals surface area contributed by atoms with Gasteiger partial charge in [-0.1, -0.05) is 50.1 Å². The molecule has 94 valence electrons. The van der Waals surface area contributed by atoms with E-state index in [4.69, 9.17) is 4.74 Å². The fourth-order valence-corrected chi connectivity index (χ4v) is 1.54. The van der Waals surface area contributed by atoms with E-state index in [1.54, 1.807) is 13.8 Å². The van der Waals surface area contributed by atoms with Crippen molar-refractivity contribution < 1.29 is 9.53 Å². The Bertz CT molecular complexity index is 487. The lowest BCUT2D eigenvalue weighted by molar-refractivity contribution is -0.139. The first-order chi connectivity index (χ1) is 8.72. The molecule has 0 amide bonds. The van der Waals surface area contributed by atoms with Gasteiger partial charge in [0, 0.05) is 12.8 Å². The van der Waals surface area contributed by atoms with E-state index in [-0.39, 0.29) is 5.97 Å². The fraction of sp³-hybridized carbons (Fsp3) is 0.312. The first-order valence-corrected chi connectivity index (χ1v) is 6.14. The molecule has 0 saturated carbocycles. The summed E-state index contributed by atoms with van der Waals surface area (Å²) in [7, 11) is 0. The topological polar surface area (TPSA) is 26.3 Å². The highest BCUT2D eigenvalue weighted by molar-refractivity contribution is 5.82. The molecule has 0 aliphatic carbocycles. The summed E-state index contributed by atoms with van der Waals surface area (Å²) < 4.78 is 5.36. The minimum Gasteiger partial charge on any atom is -0.430 e. The molecule has 0 spiro atoms. The van der Waals surface area contributed by atoms with Gasteiger partial charge in [-0.05, 0) is 12.5 Å². The van der Waals surface area contributed by atoms with E-state index < -0.39 is 0 Å². The van der Waals surface area contributed by atoms with E-state index in [0.717, 1.165) is 11.1 Å². The van der Waals surface area contributed by atoms with Gasteiger partial charge in [0.2, 0.25) is 0 Å². The SMILES string of the molecule is CC#C/C(=C(/CC)OC(=O)CC)c1ccccc1. The van der Waals surface area contributed by atoms with Crippen molar-refractivity contribution in [2.45, 2.75) is 33.6 Å². The van der Waals surface area contributed by atoms with Crippen LogP contribution in [0.2, 0.25) is 0 Å². The second-order valence-electron chi connectivity index (χ2n) is 3.72. The van der Waals surface area contributed by atoms with Gasteiger partial charge in [0.25, 0.3) is 0 Å². The van der Waals surface area contributed by atoms with E-state index in [1.165, 1.54) is 0 Å². The van der Waals surface area contributed by atoms with Gasteiger partial charge in [-0.25, -0.2) is 0 Å². The predicted octanol–water partition coefficient (Wildman–Crippen LogP) is 3.78. The molecular formula is C16H18O2. The molecule has 1 rings (SSSR count). The number of hydrogen-bond donors (Lipinski definition) is 0. The first kappa shape index (κ1) is 14.1. The minimum atomic E-state index is -0.224. The van der Waals surface area contributed by atoms with Crippen LogP contribution in [0.5, 0.6) is 0 Å². The Morgan fingerprint density at radius 2 is 1.83 bits per heavy atom. The van der Waals surface area contributed by atoms with Crippen LogP contribution >= 0.6 is 0 Å². The van der Waals surface area contributed by atoms with Gasteiger partial charge in [-0.3, -0.25) is 4.79 Å². The maximum atomic E-state index is 11.4. The normalized spacial score (nSPS) is 11.1. The third-order valence-corrected chi connectivity index (χ3v) is 2.44. The summed E-state index contributed by atoms with van der Waals surface area (Å²) in [4.78, 5) is 11.4. The van der Waals surface area contributed by atoms with Gasteiger partial charge in [0.15, 0.2) is 0 Å². The summed E-state index contributed by atoms with van der Waals surface area (Å²) in [5.41, 5.74) is 1.77. The lowest BCUT2D eigenvalue weighted by Gasteiger charge is -2.10. The molecule has 0 bridgehead atoms. The molecule has 0 radical (unpaired) electrons. The Kier molecular flexibility index (Phi) is 5.73. The number of carbonyl (C=O) groups excluding carboxylic acids is 1. The molecule has 0 fully saturated rings. The van der Waals surface area contributed by atoms with E-state index >= 15 is 0 Å². The second-order valence-corrected chi connectivity index (χ2v) is 3.72.